The van der Waals surface area contributed by atoms with E-state index in [2.05, 4.69) is 13.8 Å². The molecule has 2 N–H and O–H groups in total. The van der Waals surface area contributed by atoms with Crippen molar-refractivity contribution in [3.8, 4) is 0 Å². The van der Waals surface area contributed by atoms with Crippen molar-refractivity contribution in [1.82, 2.24) is 0 Å². The van der Waals surface area contributed by atoms with E-state index < -0.39 is 0 Å². The Balaban J connectivity index is 2.59. The molecule has 0 aliphatic carbocycles. The summed E-state index contributed by atoms with van der Waals surface area (Å²) in [4.78, 5) is 0. The quantitative estimate of drug-likeness (QED) is 0.839. The van der Waals surface area contributed by atoms with Gasteiger partial charge in [0.2, 0.25) is 0 Å². The van der Waals surface area contributed by atoms with E-state index in [1.807, 2.05) is 18.2 Å². The average Bonchev–Trinajstić information content (AvgIpc) is 2.21. The van der Waals surface area contributed by atoms with Gasteiger partial charge in [-0.25, -0.2) is 0 Å². The van der Waals surface area contributed by atoms with Gasteiger partial charge in [-0.1, -0.05) is 43.1 Å². The van der Waals surface area contributed by atoms with Crippen LogP contribution >= 0.6 is 23.2 Å². The lowest BCUT2D eigenvalue weighted by molar-refractivity contribution is 0.495. The molecule has 0 saturated heterocycles. The summed E-state index contributed by atoms with van der Waals surface area (Å²) in [6.07, 6.45) is 2.91. The van der Waals surface area contributed by atoms with Crippen LogP contribution in [0, 0.1) is 5.92 Å². The van der Waals surface area contributed by atoms with Gasteiger partial charge in [0.15, 0.2) is 0 Å². The molecule has 0 bridgehead atoms. The minimum atomic E-state index is 0.139. The number of nitrogens with two attached hydrogens (primary N) is 1. The van der Waals surface area contributed by atoms with Crippen LogP contribution in [0.5, 0.6) is 0 Å². The zero-order valence-electron chi connectivity index (χ0n) is 9.84. The SMILES string of the molecule is CC(C)CCC(N)Cc1c(Cl)cccc1Cl. The lowest BCUT2D eigenvalue weighted by atomic mass is 9.98. The predicted molar refractivity (Wildman–Crippen MR) is 72.2 cm³/mol. The van der Waals surface area contributed by atoms with Crippen LogP contribution in [0.2, 0.25) is 10.0 Å². The standard InChI is InChI=1S/C13H19Cl2N/c1-9(2)6-7-10(16)8-11-12(14)4-3-5-13(11)15/h3-5,9-10H,6-8,16H2,1-2H3. The molecule has 0 radical (unpaired) electrons. The second-order valence-corrected chi connectivity index (χ2v) is 5.45. The van der Waals surface area contributed by atoms with Crippen molar-refractivity contribution < 1.29 is 0 Å². The Hall–Kier alpha value is -0.240. The predicted octanol–water partition coefficient (Wildman–Crippen LogP) is 4.30. The number of hydrogen-bond acceptors (Lipinski definition) is 1. The monoisotopic (exact) mass is 259 g/mol. The summed E-state index contributed by atoms with van der Waals surface area (Å²) in [5.74, 6) is 0.688. The topological polar surface area (TPSA) is 26.0 Å². The maximum atomic E-state index is 6.10. The highest BCUT2D eigenvalue weighted by Gasteiger charge is 2.11. The zero-order chi connectivity index (χ0) is 12.1. The van der Waals surface area contributed by atoms with E-state index in [0.29, 0.717) is 16.0 Å². The molecule has 1 atom stereocenters. The van der Waals surface area contributed by atoms with Crippen LogP contribution < -0.4 is 5.73 Å². The van der Waals surface area contributed by atoms with E-state index in [1.54, 1.807) is 0 Å². The molecule has 0 aromatic heterocycles. The maximum absolute atomic E-state index is 6.10. The second-order valence-electron chi connectivity index (χ2n) is 4.64. The fourth-order valence-electron chi connectivity index (χ4n) is 1.64. The van der Waals surface area contributed by atoms with Gasteiger partial charge in [0.25, 0.3) is 0 Å². The normalized spacial score (nSPS) is 13.1. The first-order valence-corrected chi connectivity index (χ1v) is 6.44. The molecule has 0 saturated carbocycles. The Labute approximate surface area is 108 Å². The summed E-state index contributed by atoms with van der Waals surface area (Å²) in [6.45, 7) is 4.41. The lowest BCUT2D eigenvalue weighted by Gasteiger charge is -2.15. The highest BCUT2D eigenvalue weighted by molar-refractivity contribution is 6.35. The molecule has 0 heterocycles. The molecule has 1 nitrogen and oxygen atoms in total. The molecule has 3 heteroatoms. The van der Waals surface area contributed by atoms with Gasteiger partial charge < -0.3 is 5.73 Å². The summed E-state index contributed by atoms with van der Waals surface area (Å²) in [7, 11) is 0. The van der Waals surface area contributed by atoms with Crippen molar-refractivity contribution in [1.29, 1.82) is 0 Å². The second kappa shape index (κ2) is 6.48. The molecule has 0 spiro atoms. The largest absolute Gasteiger partial charge is 0.327 e. The van der Waals surface area contributed by atoms with E-state index in [9.17, 15) is 0 Å². The van der Waals surface area contributed by atoms with Crippen LogP contribution in [0.3, 0.4) is 0 Å². The maximum Gasteiger partial charge on any atom is 0.0453 e. The molecular formula is C13H19Cl2N. The summed E-state index contributed by atoms with van der Waals surface area (Å²) in [5, 5.41) is 1.43. The fraction of sp³-hybridized carbons (Fsp3) is 0.538. The number of halogens is 2. The minimum Gasteiger partial charge on any atom is -0.327 e. The lowest BCUT2D eigenvalue weighted by Crippen LogP contribution is -2.23. The molecule has 1 aromatic carbocycles. The third-order valence-electron chi connectivity index (χ3n) is 2.64. The van der Waals surface area contributed by atoms with E-state index in [4.69, 9.17) is 28.9 Å². The van der Waals surface area contributed by atoms with Crippen LogP contribution in [0.4, 0.5) is 0 Å². The molecule has 90 valence electrons. The molecule has 0 amide bonds. The Morgan fingerprint density at radius 3 is 2.19 bits per heavy atom. The molecule has 1 aromatic rings. The Bertz CT molecular complexity index is 316. The number of rotatable bonds is 5. The van der Waals surface area contributed by atoms with Crippen molar-refractivity contribution in [3.05, 3.63) is 33.8 Å². The minimum absolute atomic E-state index is 0.139. The van der Waals surface area contributed by atoms with E-state index in [1.165, 1.54) is 0 Å². The molecule has 1 rings (SSSR count). The smallest absolute Gasteiger partial charge is 0.0453 e. The Kier molecular flexibility index (Phi) is 5.60. The first-order valence-electron chi connectivity index (χ1n) is 5.69. The average molecular weight is 260 g/mol. The zero-order valence-corrected chi connectivity index (χ0v) is 11.4. The van der Waals surface area contributed by atoms with Crippen LogP contribution in [0.25, 0.3) is 0 Å². The van der Waals surface area contributed by atoms with Crippen molar-refractivity contribution >= 4 is 23.2 Å². The van der Waals surface area contributed by atoms with Crippen LogP contribution in [0.15, 0.2) is 18.2 Å². The van der Waals surface area contributed by atoms with Gasteiger partial charge in [0.05, 0.1) is 0 Å². The van der Waals surface area contributed by atoms with Gasteiger partial charge in [0.1, 0.15) is 0 Å². The molecule has 0 aliphatic heterocycles. The van der Waals surface area contributed by atoms with E-state index >= 15 is 0 Å². The molecule has 0 fully saturated rings. The van der Waals surface area contributed by atoms with Gasteiger partial charge in [-0.05, 0) is 42.9 Å². The Morgan fingerprint density at radius 2 is 1.69 bits per heavy atom. The molecule has 16 heavy (non-hydrogen) atoms. The number of benzene rings is 1. The van der Waals surface area contributed by atoms with Crippen molar-refractivity contribution in [2.45, 2.75) is 39.2 Å². The van der Waals surface area contributed by atoms with Crippen molar-refractivity contribution in [2.75, 3.05) is 0 Å². The number of hydrogen-bond donors (Lipinski definition) is 1. The summed E-state index contributed by atoms with van der Waals surface area (Å²) < 4.78 is 0. The van der Waals surface area contributed by atoms with E-state index in [0.717, 1.165) is 24.8 Å². The fourth-order valence-corrected chi connectivity index (χ4v) is 2.19. The van der Waals surface area contributed by atoms with Crippen molar-refractivity contribution in [2.24, 2.45) is 11.7 Å². The highest BCUT2D eigenvalue weighted by atomic mass is 35.5. The van der Waals surface area contributed by atoms with Crippen molar-refractivity contribution in [3.63, 3.8) is 0 Å². The van der Waals surface area contributed by atoms with E-state index in [-0.39, 0.29) is 6.04 Å². The molecular weight excluding hydrogens is 241 g/mol. The van der Waals surface area contributed by atoms with Crippen LogP contribution in [-0.4, -0.2) is 6.04 Å². The first kappa shape index (κ1) is 13.8. The van der Waals surface area contributed by atoms with Gasteiger partial charge in [-0.2, -0.15) is 0 Å². The molecule has 1 unspecified atom stereocenters. The Morgan fingerprint density at radius 1 is 1.12 bits per heavy atom. The van der Waals surface area contributed by atoms with Gasteiger partial charge >= 0.3 is 0 Å². The van der Waals surface area contributed by atoms with Crippen LogP contribution in [-0.2, 0) is 6.42 Å². The summed E-state index contributed by atoms with van der Waals surface area (Å²) >= 11 is 12.2. The highest BCUT2D eigenvalue weighted by Crippen LogP contribution is 2.26. The third kappa shape index (κ3) is 4.32. The van der Waals surface area contributed by atoms with Gasteiger partial charge in [-0.15, -0.1) is 0 Å². The summed E-state index contributed by atoms with van der Waals surface area (Å²) in [6, 6.07) is 5.71. The third-order valence-corrected chi connectivity index (χ3v) is 3.35. The first-order chi connectivity index (χ1) is 7.50. The summed E-state index contributed by atoms with van der Waals surface area (Å²) in [5.41, 5.74) is 7.05. The van der Waals surface area contributed by atoms with Gasteiger partial charge in [0, 0.05) is 16.1 Å². The van der Waals surface area contributed by atoms with Crippen LogP contribution in [0.1, 0.15) is 32.3 Å². The molecule has 0 aliphatic rings. The van der Waals surface area contributed by atoms with Gasteiger partial charge in [-0.3, -0.25) is 0 Å².